The maximum atomic E-state index is 4.64. The molecule has 0 spiro atoms. The Morgan fingerprint density at radius 3 is 2.79 bits per heavy atom. The number of hydrogen-bond donors (Lipinski definition) is 0. The molecule has 0 N–H and O–H groups in total. The summed E-state index contributed by atoms with van der Waals surface area (Å²) in [6, 6.07) is 10.6. The molecule has 0 radical (unpaired) electrons. The molecule has 1 aromatic heterocycles. The summed E-state index contributed by atoms with van der Waals surface area (Å²) >= 11 is 1.75. The zero-order chi connectivity index (χ0) is 9.97. The number of fused-ring (bicyclic) bond motifs is 1. The summed E-state index contributed by atoms with van der Waals surface area (Å²) in [6.07, 6.45) is 3.09. The summed E-state index contributed by atoms with van der Waals surface area (Å²) < 4.78 is 0. The van der Waals surface area contributed by atoms with Gasteiger partial charge in [0.1, 0.15) is 0 Å². The standard InChI is InChI=1S/C12H13NS/c1-3-10-8-7-9-5-4-6-11(14-2)12(9)13-10/h4-8H,3H2,1-2H3. The molecule has 0 saturated heterocycles. The minimum Gasteiger partial charge on any atom is -0.252 e. The van der Waals surface area contributed by atoms with Gasteiger partial charge in [-0.05, 0) is 24.8 Å². The summed E-state index contributed by atoms with van der Waals surface area (Å²) in [6.45, 7) is 2.13. The van der Waals surface area contributed by atoms with E-state index in [2.05, 4.69) is 48.5 Å². The highest BCUT2D eigenvalue weighted by Crippen LogP contribution is 2.24. The van der Waals surface area contributed by atoms with Gasteiger partial charge in [0.05, 0.1) is 5.52 Å². The van der Waals surface area contributed by atoms with Crippen molar-refractivity contribution in [2.24, 2.45) is 0 Å². The fourth-order valence-electron chi connectivity index (χ4n) is 1.52. The molecule has 0 fully saturated rings. The summed E-state index contributed by atoms with van der Waals surface area (Å²) in [4.78, 5) is 5.91. The van der Waals surface area contributed by atoms with Gasteiger partial charge in [0.15, 0.2) is 0 Å². The smallest absolute Gasteiger partial charge is 0.0840 e. The van der Waals surface area contributed by atoms with Gasteiger partial charge >= 0.3 is 0 Å². The third-order valence-corrected chi connectivity index (χ3v) is 3.09. The second-order valence-electron chi connectivity index (χ2n) is 3.19. The first-order chi connectivity index (χ1) is 6.85. The molecule has 0 atom stereocenters. The summed E-state index contributed by atoms with van der Waals surface area (Å²) in [5.74, 6) is 0. The van der Waals surface area contributed by atoms with E-state index in [4.69, 9.17) is 0 Å². The van der Waals surface area contributed by atoms with Crippen molar-refractivity contribution in [3.8, 4) is 0 Å². The largest absolute Gasteiger partial charge is 0.252 e. The van der Waals surface area contributed by atoms with E-state index in [0.717, 1.165) is 11.9 Å². The number of aryl methyl sites for hydroxylation is 1. The van der Waals surface area contributed by atoms with E-state index in [1.165, 1.54) is 16.0 Å². The number of hydrogen-bond acceptors (Lipinski definition) is 2. The van der Waals surface area contributed by atoms with Crippen LogP contribution in [-0.4, -0.2) is 11.2 Å². The number of pyridine rings is 1. The first-order valence-corrected chi connectivity index (χ1v) is 6.00. The van der Waals surface area contributed by atoms with Crippen LogP contribution in [0.2, 0.25) is 0 Å². The molecule has 0 aliphatic heterocycles. The summed E-state index contributed by atoms with van der Waals surface area (Å²) in [5.41, 5.74) is 2.30. The molecule has 1 heterocycles. The molecule has 2 aromatic rings. The average Bonchev–Trinajstić information content (AvgIpc) is 2.27. The van der Waals surface area contributed by atoms with E-state index in [-0.39, 0.29) is 0 Å². The average molecular weight is 203 g/mol. The Kier molecular flexibility index (Phi) is 2.73. The molecular weight excluding hydrogens is 190 g/mol. The molecule has 0 amide bonds. The molecule has 0 saturated carbocycles. The van der Waals surface area contributed by atoms with Crippen molar-refractivity contribution < 1.29 is 0 Å². The van der Waals surface area contributed by atoms with Gasteiger partial charge in [-0.2, -0.15) is 0 Å². The second-order valence-corrected chi connectivity index (χ2v) is 4.04. The number of rotatable bonds is 2. The molecule has 0 aliphatic rings. The molecule has 1 aromatic carbocycles. The van der Waals surface area contributed by atoms with Gasteiger partial charge in [0.2, 0.25) is 0 Å². The first kappa shape index (κ1) is 9.53. The molecular formula is C12H13NS. The van der Waals surface area contributed by atoms with E-state index in [1.807, 2.05) is 0 Å². The molecule has 1 nitrogen and oxygen atoms in total. The van der Waals surface area contributed by atoms with Crippen LogP contribution >= 0.6 is 11.8 Å². The van der Waals surface area contributed by atoms with Crippen LogP contribution in [0.25, 0.3) is 10.9 Å². The lowest BCUT2D eigenvalue weighted by atomic mass is 10.2. The number of para-hydroxylation sites is 1. The number of benzene rings is 1. The first-order valence-electron chi connectivity index (χ1n) is 4.77. The Balaban J connectivity index is 2.70. The molecule has 2 rings (SSSR count). The Labute approximate surface area is 88.6 Å². The van der Waals surface area contributed by atoms with Gasteiger partial charge in [0.25, 0.3) is 0 Å². The molecule has 72 valence electrons. The highest BCUT2D eigenvalue weighted by Gasteiger charge is 2.01. The number of thioether (sulfide) groups is 1. The summed E-state index contributed by atoms with van der Waals surface area (Å²) in [7, 11) is 0. The predicted molar refractivity (Wildman–Crippen MR) is 62.9 cm³/mol. The Bertz CT molecular complexity index is 451. The molecule has 0 unspecified atom stereocenters. The third kappa shape index (κ3) is 1.62. The highest BCUT2D eigenvalue weighted by molar-refractivity contribution is 7.98. The Morgan fingerprint density at radius 1 is 1.21 bits per heavy atom. The van der Waals surface area contributed by atoms with Crippen molar-refractivity contribution in [1.29, 1.82) is 0 Å². The maximum absolute atomic E-state index is 4.64. The fourth-order valence-corrected chi connectivity index (χ4v) is 2.09. The van der Waals surface area contributed by atoms with Crippen molar-refractivity contribution in [3.05, 3.63) is 36.0 Å². The van der Waals surface area contributed by atoms with Crippen molar-refractivity contribution in [2.75, 3.05) is 6.26 Å². The van der Waals surface area contributed by atoms with Gasteiger partial charge in [0, 0.05) is 16.0 Å². The van der Waals surface area contributed by atoms with Crippen molar-refractivity contribution in [1.82, 2.24) is 4.98 Å². The van der Waals surface area contributed by atoms with Gasteiger partial charge in [-0.3, -0.25) is 4.98 Å². The van der Waals surface area contributed by atoms with Crippen LogP contribution in [0.3, 0.4) is 0 Å². The van der Waals surface area contributed by atoms with Crippen LogP contribution in [0.15, 0.2) is 35.2 Å². The summed E-state index contributed by atoms with van der Waals surface area (Å²) in [5, 5.41) is 1.23. The van der Waals surface area contributed by atoms with Crippen molar-refractivity contribution in [3.63, 3.8) is 0 Å². The van der Waals surface area contributed by atoms with Crippen LogP contribution in [0, 0.1) is 0 Å². The van der Waals surface area contributed by atoms with E-state index in [1.54, 1.807) is 11.8 Å². The lowest BCUT2D eigenvalue weighted by molar-refractivity contribution is 1.05. The third-order valence-electron chi connectivity index (χ3n) is 2.32. The van der Waals surface area contributed by atoms with E-state index in [0.29, 0.717) is 0 Å². The second kappa shape index (κ2) is 4.01. The van der Waals surface area contributed by atoms with Gasteiger partial charge in [-0.25, -0.2) is 0 Å². The van der Waals surface area contributed by atoms with Crippen LogP contribution < -0.4 is 0 Å². The quantitative estimate of drug-likeness (QED) is 0.693. The zero-order valence-electron chi connectivity index (χ0n) is 8.45. The normalized spacial score (nSPS) is 10.7. The van der Waals surface area contributed by atoms with Crippen LogP contribution in [0.1, 0.15) is 12.6 Å². The SMILES string of the molecule is CCc1ccc2cccc(SC)c2n1. The minimum atomic E-state index is 0.999. The van der Waals surface area contributed by atoms with Crippen molar-refractivity contribution >= 4 is 22.7 Å². The molecule has 0 bridgehead atoms. The predicted octanol–water partition coefficient (Wildman–Crippen LogP) is 3.52. The Hall–Kier alpha value is -1.02. The maximum Gasteiger partial charge on any atom is 0.0840 e. The lowest BCUT2D eigenvalue weighted by Gasteiger charge is -2.04. The van der Waals surface area contributed by atoms with E-state index < -0.39 is 0 Å². The van der Waals surface area contributed by atoms with Crippen LogP contribution in [0.4, 0.5) is 0 Å². The van der Waals surface area contributed by atoms with E-state index in [9.17, 15) is 0 Å². The van der Waals surface area contributed by atoms with Crippen LogP contribution in [-0.2, 0) is 6.42 Å². The van der Waals surface area contributed by atoms with Gasteiger partial charge < -0.3 is 0 Å². The number of aromatic nitrogens is 1. The monoisotopic (exact) mass is 203 g/mol. The highest BCUT2D eigenvalue weighted by atomic mass is 32.2. The molecule has 2 heteroatoms. The van der Waals surface area contributed by atoms with Gasteiger partial charge in [-0.15, -0.1) is 11.8 Å². The number of nitrogens with zero attached hydrogens (tertiary/aromatic N) is 1. The van der Waals surface area contributed by atoms with E-state index >= 15 is 0 Å². The fraction of sp³-hybridized carbons (Fsp3) is 0.250. The minimum absolute atomic E-state index is 0.999. The molecule has 14 heavy (non-hydrogen) atoms. The van der Waals surface area contributed by atoms with Crippen molar-refractivity contribution in [2.45, 2.75) is 18.2 Å². The molecule has 0 aliphatic carbocycles. The Morgan fingerprint density at radius 2 is 2.07 bits per heavy atom. The van der Waals surface area contributed by atoms with Gasteiger partial charge in [-0.1, -0.05) is 25.1 Å². The topological polar surface area (TPSA) is 12.9 Å². The lowest BCUT2D eigenvalue weighted by Crippen LogP contribution is -1.88. The zero-order valence-corrected chi connectivity index (χ0v) is 9.27. The van der Waals surface area contributed by atoms with Crippen LogP contribution in [0.5, 0.6) is 0 Å².